The van der Waals surface area contributed by atoms with Crippen molar-refractivity contribution in [2.45, 2.75) is 13.0 Å². The highest BCUT2D eigenvalue weighted by Crippen LogP contribution is 2.38. The second-order valence-corrected chi connectivity index (χ2v) is 7.57. The van der Waals surface area contributed by atoms with Crippen LogP contribution in [0.1, 0.15) is 12.0 Å². The van der Waals surface area contributed by atoms with E-state index in [0.29, 0.717) is 25.2 Å². The highest BCUT2D eigenvalue weighted by Gasteiger charge is 2.37. The number of fused-ring (bicyclic) bond motifs is 1. The maximum atomic E-state index is 13.7. The Kier molecular flexibility index (Phi) is 6.57. The van der Waals surface area contributed by atoms with E-state index in [0.717, 1.165) is 22.0 Å². The van der Waals surface area contributed by atoms with Crippen LogP contribution in [-0.2, 0) is 16.8 Å². The molecule has 0 saturated heterocycles. The molecule has 0 fully saturated rings. The van der Waals surface area contributed by atoms with E-state index in [-0.39, 0.29) is 24.6 Å². The lowest BCUT2D eigenvalue weighted by atomic mass is 10.1. The van der Waals surface area contributed by atoms with E-state index in [4.69, 9.17) is 0 Å². The molecule has 0 aromatic heterocycles. The van der Waals surface area contributed by atoms with Crippen molar-refractivity contribution in [3.63, 3.8) is 0 Å². The summed E-state index contributed by atoms with van der Waals surface area (Å²) < 4.78 is 55.6. The number of para-hydroxylation sites is 1. The molecule has 1 aliphatic heterocycles. The van der Waals surface area contributed by atoms with Gasteiger partial charge < -0.3 is 5.32 Å². The SMILES string of the molecule is CNCCCN1Cc2ccccc2N(c2ccc(F)c(F)c2)S1(=O)=O.Cl. The fourth-order valence-electron chi connectivity index (χ4n) is 2.86. The van der Waals surface area contributed by atoms with Gasteiger partial charge in [0.05, 0.1) is 11.4 Å². The molecule has 9 heteroatoms. The van der Waals surface area contributed by atoms with Crippen molar-refractivity contribution < 1.29 is 17.2 Å². The Labute approximate surface area is 158 Å². The van der Waals surface area contributed by atoms with Crippen molar-refractivity contribution in [3.05, 3.63) is 59.7 Å². The summed E-state index contributed by atoms with van der Waals surface area (Å²) >= 11 is 0. The summed E-state index contributed by atoms with van der Waals surface area (Å²) in [5, 5.41) is 2.98. The average molecular weight is 404 g/mol. The quantitative estimate of drug-likeness (QED) is 0.780. The van der Waals surface area contributed by atoms with E-state index in [1.54, 1.807) is 19.2 Å². The Bertz CT molecular complexity index is 880. The molecule has 2 aromatic rings. The first-order valence-electron chi connectivity index (χ1n) is 7.93. The molecule has 0 bridgehead atoms. The number of rotatable bonds is 5. The van der Waals surface area contributed by atoms with Crippen molar-refractivity contribution >= 4 is 34.0 Å². The van der Waals surface area contributed by atoms with Crippen LogP contribution in [0.3, 0.4) is 0 Å². The van der Waals surface area contributed by atoms with Gasteiger partial charge in [0.1, 0.15) is 0 Å². The lowest BCUT2D eigenvalue weighted by Gasteiger charge is -2.37. The molecule has 0 radical (unpaired) electrons. The minimum absolute atomic E-state index is 0. The third-order valence-electron chi connectivity index (χ3n) is 4.09. The highest BCUT2D eigenvalue weighted by atomic mass is 35.5. The van der Waals surface area contributed by atoms with Crippen LogP contribution in [0.5, 0.6) is 0 Å². The normalized spacial score (nSPS) is 16.0. The lowest BCUT2D eigenvalue weighted by Crippen LogP contribution is -2.46. The van der Waals surface area contributed by atoms with Crippen molar-refractivity contribution in [2.75, 3.05) is 24.4 Å². The first kappa shape index (κ1) is 20.6. The molecule has 0 atom stereocenters. The number of benzene rings is 2. The van der Waals surface area contributed by atoms with Gasteiger partial charge in [-0.3, -0.25) is 0 Å². The molecule has 1 aliphatic rings. The zero-order chi connectivity index (χ0) is 18.0. The van der Waals surface area contributed by atoms with Gasteiger partial charge in [-0.1, -0.05) is 18.2 Å². The van der Waals surface area contributed by atoms with E-state index in [1.807, 2.05) is 12.1 Å². The van der Waals surface area contributed by atoms with Gasteiger partial charge in [0, 0.05) is 19.2 Å². The number of nitrogens with zero attached hydrogens (tertiary/aromatic N) is 2. The van der Waals surface area contributed by atoms with Crippen LogP contribution in [0.2, 0.25) is 0 Å². The molecule has 2 aromatic carbocycles. The number of anilines is 2. The Morgan fingerprint density at radius 3 is 2.54 bits per heavy atom. The predicted molar refractivity (Wildman–Crippen MR) is 100 cm³/mol. The fourth-order valence-corrected chi connectivity index (χ4v) is 4.56. The summed E-state index contributed by atoms with van der Waals surface area (Å²) in [6.07, 6.45) is 0.642. The standard InChI is InChI=1S/C17H19F2N3O2S.ClH/c1-20-9-4-10-21-12-13-5-2-3-6-17(13)22(25(21,23)24)14-7-8-15(18)16(19)11-14;/h2-3,5-8,11,20H,4,9-10,12H2,1H3;1H. The fraction of sp³-hybridized carbons (Fsp3) is 0.294. The van der Waals surface area contributed by atoms with Gasteiger partial charge in [0.15, 0.2) is 11.6 Å². The maximum absolute atomic E-state index is 13.7. The Morgan fingerprint density at radius 2 is 1.85 bits per heavy atom. The maximum Gasteiger partial charge on any atom is 0.308 e. The van der Waals surface area contributed by atoms with E-state index in [1.165, 1.54) is 10.4 Å². The highest BCUT2D eigenvalue weighted by molar-refractivity contribution is 7.90. The van der Waals surface area contributed by atoms with Crippen LogP contribution >= 0.6 is 12.4 Å². The van der Waals surface area contributed by atoms with Crippen LogP contribution < -0.4 is 9.62 Å². The average Bonchev–Trinajstić information content (AvgIpc) is 2.58. The molecule has 1 heterocycles. The zero-order valence-corrected chi connectivity index (χ0v) is 15.8. The van der Waals surface area contributed by atoms with Gasteiger partial charge >= 0.3 is 10.2 Å². The number of halogens is 3. The second-order valence-electron chi connectivity index (χ2n) is 5.79. The van der Waals surface area contributed by atoms with Gasteiger partial charge in [0.25, 0.3) is 0 Å². The van der Waals surface area contributed by atoms with Crippen LogP contribution in [0, 0.1) is 11.6 Å². The van der Waals surface area contributed by atoms with Gasteiger partial charge in [-0.2, -0.15) is 12.7 Å². The first-order valence-corrected chi connectivity index (χ1v) is 9.33. The molecule has 5 nitrogen and oxygen atoms in total. The summed E-state index contributed by atoms with van der Waals surface area (Å²) in [7, 11) is -2.09. The number of nitrogens with one attached hydrogen (secondary N) is 1. The topological polar surface area (TPSA) is 52.6 Å². The molecule has 0 aliphatic carbocycles. The molecule has 142 valence electrons. The van der Waals surface area contributed by atoms with Crippen LogP contribution in [-0.4, -0.2) is 32.9 Å². The number of hydrogen-bond acceptors (Lipinski definition) is 3. The van der Waals surface area contributed by atoms with Gasteiger partial charge in [0.2, 0.25) is 0 Å². The van der Waals surface area contributed by atoms with E-state index >= 15 is 0 Å². The number of hydrogen-bond donors (Lipinski definition) is 1. The van der Waals surface area contributed by atoms with Gasteiger partial charge in [-0.25, -0.2) is 13.1 Å². The molecule has 0 saturated carbocycles. The largest absolute Gasteiger partial charge is 0.320 e. The van der Waals surface area contributed by atoms with Crippen molar-refractivity contribution in [1.82, 2.24) is 9.62 Å². The third kappa shape index (κ3) is 3.83. The monoisotopic (exact) mass is 403 g/mol. The van der Waals surface area contributed by atoms with Crippen LogP contribution in [0.25, 0.3) is 0 Å². The summed E-state index contributed by atoms with van der Waals surface area (Å²) in [6, 6.07) is 10.2. The molecule has 3 rings (SSSR count). The molecule has 0 unspecified atom stereocenters. The Morgan fingerprint density at radius 1 is 1.12 bits per heavy atom. The predicted octanol–water partition coefficient (Wildman–Crippen LogP) is 3.19. The molecular weight excluding hydrogens is 384 g/mol. The van der Waals surface area contributed by atoms with Gasteiger partial charge in [-0.15, -0.1) is 12.4 Å². The summed E-state index contributed by atoms with van der Waals surface area (Å²) in [4.78, 5) is 0. The summed E-state index contributed by atoms with van der Waals surface area (Å²) in [6.45, 7) is 1.26. The minimum atomic E-state index is -3.89. The van der Waals surface area contributed by atoms with Gasteiger partial charge in [-0.05, 0) is 43.8 Å². The smallest absolute Gasteiger partial charge is 0.308 e. The van der Waals surface area contributed by atoms with E-state index < -0.39 is 21.8 Å². The summed E-state index contributed by atoms with van der Waals surface area (Å²) in [5.41, 5.74) is 1.34. The zero-order valence-electron chi connectivity index (χ0n) is 14.2. The minimum Gasteiger partial charge on any atom is -0.320 e. The first-order chi connectivity index (χ1) is 11.9. The van der Waals surface area contributed by atoms with Crippen molar-refractivity contribution in [2.24, 2.45) is 0 Å². The molecular formula is C17H20ClF2N3O2S. The molecule has 1 N–H and O–H groups in total. The third-order valence-corrected chi connectivity index (χ3v) is 5.92. The lowest BCUT2D eigenvalue weighted by molar-refractivity contribution is 0.392. The molecule has 0 spiro atoms. The molecule has 26 heavy (non-hydrogen) atoms. The summed E-state index contributed by atoms with van der Waals surface area (Å²) in [5.74, 6) is -2.10. The van der Waals surface area contributed by atoms with Crippen LogP contribution in [0.4, 0.5) is 20.2 Å². The van der Waals surface area contributed by atoms with Crippen molar-refractivity contribution in [1.29, 1.82) is 0 Å². The second kappa shape index (κ2) is 8.30. The van der Waals surface area contributed by atoms with Crippen molar-refractivity contribution in [3.8, 4) is 0 Å². The molecule has 0 amide bonds. The van der Waals surface area contributed by atoms with E-state index in [2.05, 4.69) is 5.32 Å². The Hall–Kier alpha value is -1.74. The Balaban J connectivity index is 0.00000243. The van der Waals surface area contributed by atoms with E-state index in [9.17, 15) is 17.2 Å². The van der Waals surface area contributed by atoms with Crippen LogP contribution in [0.15, 0.2) is 42.5 Å².